The third kappa shape index (κ3) is 5.37. The van der Waals surface area contributed by atoms with Crippen LogP contribution < -0.4 is 20.1 Å². The van der Waals surface area contributed by atoms with Gasteiger partial charge < -0.3 is 15.4 Å². The Bertz CT molecular complexity index is 994. The zero-order chi connectivity index (χ0) is 20.9. The smallest absolute Gasteiger partial charge is 0.265 e. The lowest BCUT2D eigenvalue weighted by molar-refractivity contribution is -0.124. The van der Waals surface area contributed by atoms with E-state index in [-0.39, 0.29) is 32.9 Å². The second-order valence-corrected chi connectivity index (χ2v) is 7.92. The number of carbonyl (C=O) groups excluding carboxylic acids is 2. The average Bonchev–Trinajstić information content (AvgIpc) is 2.63. The van der Waals surface area contributed by atoms with E-state index in [2.05, 4.69) is 15.4 Å². The predicted octanol–water partition coefficient (Wildman–Crippen LogP) is 2.61. The molecule has 0 aliphatic rings. The molecule has 2 aromatic carbocycles. The summed E-state index contributed by atoms with van der Waals surface area (Å²) < 4.78 is 33.2. The molecule has 0 saturated heterocycles. The number of methoxy groups -OCH3 is 1. The molecule has 1 unspecified atom stereocenters. The number of sulfonamides is 1. The number of hydrogen-bond donors (Lipinski definition) is 3. The summed E-state index contributed by atoms with van der Waals surface area (Å²) in [5.41, 5.74) is 0.433. The van der Waals surface area contributed by atoms with Gasteiger partial charge >= 0.3 is 0 Å². The standard InChI is InChI=1S/C18H20ClN3O5S/c1-11(20-12(2)23)18(24)21-13-8-9-16(27-3)17(10-13)28(25,26)22-15-7-5-4-6-14(15)19/h4-11,22H,1-3H3,(H,20,23)(H,21,24). The van der Waals surface area contributed by atoms with E-state index in [9.17, 15) is 18.0 Å². The molecule has 28 heavy (non-hydrogen) atoms. The summed E-state index contributed by atoms with van der Waals surface area (Å²) >= 11 is 6.02. The van der Waals surface area contributed by atoms with Gasteiger partial charge in [-0.2, -0.15) is 0 Å². The fourth-order valence-corrected chi connectivity index (χ4v) is 3.84. The van der Waals surface area contributed by atoms with E-state index < -0.39 is 22.0 Å². The van der Waals surface area contributed by atoms with Gasteiger partial charge in [-0.15, -0.1) is 0 Å². The van der Waals surface area contributed by atoms with Crippen molar-refractivity contribution < 1.29 is 22.7 Å². The Hall–Kier alpha value is -2.78. The summed E-state index contributed by atoms with van der Waals surface area (Å²) in [6.45, 7) is 2.80. The molecule has 0 aliphatic heterocycles. The van der Waals surface area contributed by atoms with E-state index in [0.717, 1.165) is 0 Å². The van der Waals surface area contributed by atoms with E-state index >= 15 is 0 Å². The summed E-state index contributed by atoms with van der Waals surface area (Å²) in [5, 5.41) is 5.24. The van der Waals surface area contributed by atoms with Gasteiger partial charge in [0.25, 0.3) is 10.0 Å². The van der Waals surface area contributed by atoms with Gasteiger partial charge in [-0.05, 0) is 37.3 Å². The molecule has 0 bridgehead atoms. The molecule has 2 aromatic rings. The lowest BCUT2D eigenvalue weighted by Crippen LogP contribution is -2.40. The van der Waals surface area contributed by atoms with Gasteiger partial charge in [0.2, 0.25) is 11.8 Å². The Labute approximate surface area is 168 Å². The first-order chi connectivity index (χ1) is 13.1. The summed E-state index contributed by atoms with van der Waals surface area (Å²) in [5.74, 6) is -0.764. The van der Waals surface area contributed by atoms with Gasteiger partial charge in [0.15, 0.2) is 0 Å². The van der Waals surface area contributed by atoms with E-state index in [0.29, 0.717) is 0 Å². The van der Waals surface area contributed by atoms with E-state index in [1.807, 2.05) is 0 Å². The first kappa shape index (κ1) is 21.5. The van der Waals surface area contributed by atoms with Gasteiger partial charge in [0.1, 0.15) is 16.7 Å². The fourth-order valence-electron chi connectivity index (χ4n) is 2.33. The topological polar surface area (TPSA) is 114 Å². The maximum Gasteiger partial charge on any atom is 0.265 e. The van der Waals surface area contributed by atoms with Gasteiger partial charge in [-0.25, -0.2) is 8.42 Å². The average molecular weight is 426 g/mol. The number of ether oxygens (including phenoxy) is 1. The van der Waals surface area contributed by atoms with Crippen molar-refractivity contribution in [3.63, 3.8) is 0 Å². The minimum Gasteiger partial charge on any atom is -0.495 e. The van der Waals surface area contributed by atoms with Crippen molar-refractivity contribution in [3.8, 4) is 5.75 Å². The quantitative estimate of drug-likeness (QED) is 0.631. The van der Waals surface area contributed by atoms with Crippen LogP contribution in [0.2, 0.25) is 5.02 Å². The molecule has 0 saturated carbocycles. The Morgan fingerprint density at radius 1 is 1.14 bits per heavy atom. The fraction of sp³-hybridized carbons (Fsp3) is 0.222. The molecular weight excluding hydrogens is 406 g/mol. The Morgan fingerprint density at radius 3 is 2.43 bits per heavy atom. The minimum absolute atomic E-state index is 0.0902. The Morgan fingerprint density at radius 2 is 1.82 bits per heavy atom. The molecular formula is C18H20ClN3O5S. The maximum atomic E-state index is 12.8. The van der Waals surface area contributed by atoms with Crippen molar-refractivity contribution >= 4 is 44.8 Å². The molecule has 150 valence electrons. The number of rotatable bonds is 7. The number of halogens is 1. The highest BCUT2D eigenvalue weighted by molar-refractivity contribution is 7.92. The molecule has 0 fully saturated rings. The number of amides is 2. The molecule has 8 nitrogen and oxygen atoms in total. The maximum absolute atomic E-state index is 12.8. The number of nitrogens with one attached hydrogen (secondary N) is 3. The summed E-state index contributed by atoms with van der Waals surface area (Å²) in [7, 11) is -2.72. The first-order valence-corrected chi connectivity index (χ1v) is 10.0. The molecule has 0 radical (unpaired) electrons. The van der Waals surface area contributed by atoms with E-state index in [1.54, 1.807) is 18.2 Å². The van der Waals surface area contributed by atoms with Crippen LogP contribution in [0.15, 0.2) is 47.4 Å². The van der Waals surface area contributed by atoms with Crippen molar-refractivity contribution in [1.29, 1.82) is 0 Å². The van der Waals surface area contributed by atoms with Gasteiger partial charge in [0.05, 0.1) is 17.8 Å². The van der Waals surface area contributed by atoms with Crippen molar-refractivity contribution in [2.45, 2.75) is 24.8 Å². The van der Waals surface area contributed by atoms with Gasteiger partial charge in [-0.3, -0.25) is 14.3 Å². The summed E-state index contributed by atoms with van der Waals surface area (Å²) in [6.07, 6.45) is 0. The molecule has 2 rings (SSSR count). The molecule has 2 amide bonds. The number of hydrogen-bond acceptors (Lipinski definition) is 5. The van der Waals surface area contributed by atoms with E-state index in [1.165, 1.54) is 45.2 Å². The lowest BCUT2D eigenvalue weighted by atomic mass is 10.2. The third-order valence-electron chi connectivity index (χ3n) is 3.65. The molecule has 0 spiro atoms. The predicted molar refractivity (Wildman–Crippen MR) is 107 cm³/mol. The van der Waals surface area contributed by atoms with Crippen LogP contribution in [0.1, 0.15) is 13.8 Å². The SMILES string of the molecule is COc1ccc(NC(=O)C(C)NC(C)=O)cc1S(=O)(=O)Nc1ccccc1Cl. The van der Waals surface area contributed by atoms with E-state index in [4.69, 9.17) is 16.3 Å². The van der Waals surface area contributed by atoms with Gasteiger partial charge in [-0.1, -0.05) is 23.7 Å². The highest BCUT2D eigenvalue weighted by atomic mass is 35.5. The normalized spacial score (nSPS) is 12.0. The summed E-state index contributed by atoms with van der Waals surface area (Å²) in [4.78, 5) is 23.1. The highest BCUT2D eigenvalue weighted by Crippen LogP contribution is 2.30. The van der Waals surface area contributed by atoms with Crippen molar-refractivity contribution in [2.24, 2.45) is 0 Å². The van der Waals surface area contributed by atoms with Crippen molar-refractivity contribution in [3.05, 3.63) is 47.5 Å². The largest absolute Gasteiger partial charge is 0.495 e. The third-order valence-corrected chi connectivity index (χ3v) is 5.37. The van der Waals surface area contributed by atoms with Crippen LogP contribution in [-0.2, 0) is 19.6 Å². The molecule has 1 atom stereocenters. The van der Waals surface area contributed by atoms with Crippen LogP contribution in [0.5, 0.6) is 5.75 Å². The number of benzene rings is 2. The Balaban J connectivity index is 2.33. The van der Waals surface area contributed by atoms with Gasteiger partial charge in [0, 0.05) is 12.6 Å². The second kappa shape index (κ2) is 8.94. The highest BCUT2D eigenvalue weighted by Gasteiger charge is 2.22. The number of carbonyl (C=O) groups is 2. The zero-order valence-corrected chi connectivity index (χ0v) is 17.0. The first-order valence-electron chi connectivity index (χ1n) is 8.17. The van der Waals surface area contributed by atoms with Crippen LogP contribution in [-0.4, -0.2) is 33.4 Å². The van der Waals surface area contributed by atoms with Crippen LogP contribution in [0.3, 0.4) is 0 Å². The molecule has 0 heterocycles. The van der Waals surface area contributed by atoms with Crippen LogP contribution in [0, 0.1) is 0 Å². The summed E-state index contributed by atoms with van der Waals surface area (Å²) in [6, 6.07) is 9.76. The second-order valence-electron chi connectivity index (χ2n) is 5.86. The number of anilines is 2. The lowest BCUT2D eigenvalue weighted by Gasteiger charge is -2.16. The molecule has 0 aromatic heterocycles. The van der Waals surface area contributed by atoms with Crippen LogP contribution in [0.4, 0.5) is 11.4 Å². The minimum atomic E-state index is -4.06. The van der Waals surface area contributed by atoms with Crippen molar-refractivity contribution in [1.82, 2.24) is 5.32 Å². The number of para-hydroxylation sites is 1. The van der Waals surface area contributed by atoms with Crippen LogP contribution in [0.25, 0.3) is 0 Å². The molecule has 3 N–H and O–H groups in total. The molecule has 10 heteroatoms. The zero-order valence-electron chi connectivity index (χ0n) is 15.4. The Kier molecular flexibility index (Phi) is 6.87. The van der Waals surface area contributed by atoms with Crippen molar-refractivity contribution in [2.75, 3.05) is 17.1 Å². The monoisotopic (exact) mass is 425 g/mol. The molecule has 0 aliphatic carbocycles. The van der Waals surface area contributed by atoms with Crippen LogP contribution >= 0.6 is 11.6 Å².